The first kappa shape index (κ1) is 16.4. The third-order valence-corrected chi connectivity index (χ3v) is 4.39. The number of nitrogens with two attached hydrogens (primary N) is 1. The van der Waals surface area contributed by atoms with Crippen LogP contribution in [0.25, 0.3) is 5.82 Å². The Morgan fingerprint density at radius 3 is 2.65 bits per heavy atom. The van der Waals surface area contributed by atoms with Crippen LogP contribution in [-0.4, -0.2) is 36.9 Å². The number of halogens is 2. The van der Waals surface area contributed by atoms with Gasteiger partial charge in [-0.3, -0.25) is 4.79 Å². The van der Waals surface area contributed by atoms with Gasteiger partial charge in [0.2, 0.25) is 5.82 Å². The summed E-state index contributed by atoms with van der Waals surface area (Å²) in [6.45, 7) is 0. The fourth-order valence-electron chi connectivity index (χ4n) is 2.70. The summed E-state index contributed by atoms with van der Waals surface area (Å²) in [5, 5.41) is 10.3. The first-order chi connectivity index (χ1) is 12.5. The van der Waals surface area contributed by atoms with Gasteiger partial charge in [-0.15, -0.1) is 4.80 Å². The lowest BCUT2D eigenvalue weighted by molar-refractivity contribution is 0.0936. The summed E-state index contributed by atoms with van der Waals surface area (Å²) >= 11 is 6.06. The topological polar surface area (TPSA) is 112 Å². The third-order valence-electron chi connectivity index (χ3n) is 4.14. The zero-order valence-electron chi connectivity index (χ0n) is 13.3. The average molecular weight is 374 g/mol. The van der Waals surface area contributed by atoms with Crippen LogP contribution in [0, 0.1) is 0 Å². The zero-order valence-corrected chi connectivity index (χ0v) is 14.1. The zero-order chi connectivity index (χ0) is 18.3. The lowest BCUT2D eigenvalue weighted by Gasteiger charge is -2.11. The molecule has 1 aliphatic rings. The number of anilines is 1. The Kier molecular flexibility index (Phi) is 3.80. The molecule has 2 heterocycles. The maximum absolute atomic E-state index is 14.9. The van der Waals surface area contributed by atoms with E-state index in [1.165, 1.54) is 12.4 Å². The van der Waals surface area contributed by atoms with Crippen molar-refractivity contribution in [1.82, 2.24) is 30.3 Å². The fourth-order valence-corrected chi connectivity index (χ4v) is 2.90. The van der Waals surface area contributed by atoms with Crippen LogP contribution in [-0.2, 0) is 5.67 Å². The van der Waals surface area contributed by atoms with E-state index in [0.717, 1.165) is 4.80 Å². The second kappa shape index (κ2) is 6.03. The molecule has 26 heavy (non-hydrogen) atoms. The molecule has 3 N–H and O–H groups in total. The van der Waals surface area contributed by atoms with Gasteiger partial charge in [0.25, 0.3) is 5.91 Å². The van der Waals surface area contributed by atoms with Gasteiger partial charge in [0.1, 0.15) is 0 Å². The van der Waals surface area contributed by atoms with Gasteiger partial charge in [0.15, 0.2) is 22.3 Å². The molecule has 1 fully saturated rings. The van der Waals surface area contributed by atoms with Gasteiger partial charge >= 0.3 is 0 Å². The van der Waals surface area contributed by atoms with E-state index in [1.807, 2.05) is 0 Å². The Morgan fingerprint density at radius 2 is 1.96 bits per heavy atom. The number of amides is 1. The molecule has 132 valence electrons. The molecule has 0 bridgehead atoms. The largest absolute Gasteiger partial charge is 0.382 e. The van der Waals surface area contributed by atoms with E-state index >= 15 is 0 Å². The number of aromatic nitrogens is 5. The van der Waals surface area contributed by atoms with Gasteiger partial charge in [-0.1, -0.05) is 41.9 Å². The van der Waals surface area contributed by atoms with E-state index in [0.29, 0.717) is 5.56 Å². The summed E-state index contributed by atoms with van der Waals surface area (Å²) in [6.07, 6.45) is 3.05. The number of carbonyl (C=O) groups is 1. The molecule has 10 heteroatoms. The van der Waals surface area contributed by atoms with E-state index < -0.39 is 17.6 Å². The Bertz CT molecular complexity index is 966. The van der Waals surface area contributed by atoms with E-state index in [2.05, 4.69) is 25.5 Å². The molecule has 0 spiro atoms. The minimum absolute atomic E-state index is 0.0917. The number of hydrogen-bond donors (Lipinski definition) is 2. The standard InChI is InChI=1S/C16H13ClFN7O/c17-12-14(25-20-6-7-21-25)24-13(19)11(23-12)15(26)22-10-8-16(10,18)9-4-2-1-3-5-9/h1-7,10H,8H2,(H2,19,24)(H,22,26)/t10-,16+/m0/s1. The predicted octanol–water partition coefficient (Wildman–Crippen LogP) is 1.66. The van der Waals surface area contributed by atoms with Crippen molar-refractivity contribution in [2.75, 3.05) is 5.73 Å². The van der Waals surface area contributed by atoms with Crippen molar-refractivity contribution in [3.05, 3.63) is 59.1 Å². The molecule has 1 saturated carbocycles. The highest BCUT2D eigenvalue weighted by molar-refractivity contribution is 6.31. The smallest absolute Gasteiger partial charge is 0.274 e. The van der Waals surface area contributed by atoms with Crippen LogP contribution in [0.3, 0.4) is 0 Å². The Labute approximate surface area is 152 Å². The van der Waals surface area contributed by atoms with Crippen LogP contribution in [0.5, 0.6) is 0 Å². The maximum Gasteiger partial charge on any atom is 0.274 e. The van der Waals surface area contributed by atoms with Crippen molar-refractivity contribution >= 4 is 23.3 Å². The number of alkyl halides is 1. The first-order valence-corrected chi connectivity index (χ1v) is 8.12. The number of rotatable bonds is 4. The maximum atomic E-state index is 14.9. The van der Waals surface area contributed by atoms with E-state index in [9.17, 15) is 9.18 Å². The van der Waals surface area contributed by atoms with E-state index in [4.69, 9.17) is 17.3 Å². The lowest BCUT2D eigenvalue weighted by Crippen LogP contribution is -2.31. The first-order valence-electron chi connectivity index (χ1n) is 7.74. The lowest BCUT2D eigenvalue weighted by atomic mass is 10.1. The van der Waals surface area contributed by atoms with Crippen LogP contribution in [0.4, 0.5) is 10.2 Å². The number of benzene rings is 1. The molecule has 0 saturated heterocycles. The molecule has 2 atom stereocenters. The summed E-state index contributed by atoms with van der Waals surface area (Å²) in [5.74, 6) is -0.692. The Balaban J connectivity index is 1.54. The van der Waals surface area contributed by atoms with Gasteiger partial charge in [0.05, 0.1) is 18.4 Å². The highest BCUT2D eigenvalue weighted by Crippen LogP contribution is 2.49. The van der Waals surface area contributed by atoms with Crippen molar-refractivity contribution in [3.63, 3.8) is 0 Å². The molecular weight excluding hydrogens is 361 g/mol. The number of hydrogen-bond acceptors (Lipinski definition) is 6. The second-order valence-electron chi connectivity index (χ2n) is 5.85. The molecule has 3 aromatic rings. The summed E-state index contributed by atoms with van der Waals surface area (Å²) in [5.41, 5.74) is 4.56. The average Bonchev–Trinajstić information content (AvgIpc) is 3.06. The normalized spacial score (nSPS) is 21.4. The SMILES string of the molecule is Nc1nc(-n2nccn2)c(Cl)nc1C(=O)N[C@H]1C[C@@]1(F)c1ccccc1. The molecule has 8 nitrogen and oxygen atoms in total. The number of nitrogens with zero attached hydrogens (tertiary/aromatic N) is 5. The summed E-state index contributed by atoms with van der Waals surface area (Å²) in [4.78, 5) is 21.6. The van der Waals surface area contributed by atoms with Crippen LogP contribution in [0.15, 0.2) is 42.7 Å². The van der Waals surface area contributed by atoms with Gasteiger partial charge in [0, 0.05) is 6.42 Å². The molecule has 4 rings (SSSR count). The van der Waals surface area contributed by atoms with Crippen LogP contribution < -0.4 is 11.1 Å². The quantitative estimate of drug-likeness (QED) is 0.719. The molecule has 0 unspecified atom stereocenters. The number of nitrogens with one attached hydrogen (secondary N) is 1. The Hall–Kier alpha value is -3.07. The van der Waals surface area contributed by atoms with Crippen molar-refractivity contribution < 1.29 is 9.18 Å². The van der Waals surface area contributed by atoms with Crippen molar-refractivity contribution in [1.29, 1.82) is 0 Å². The molecular formula is C16H13ClFN7O. The number of carbonyl (C=O) groups excluding carboxylic acids is 1. The highest BCUT2D eigenvalue weighted by Gasteiger charge is 2.57. The Morgan fingerprint density at radius 1 is 1.27 bits per heavy atom. The predicted molar refractivity (Wildman–Crippen MR) is 91.5 cm³/mol. The monoisotopic (exact) mass is 373 g/mol. The van der Waals surface area contributed by atoms with Crippen molar-refractivity contribution in [2.45, 2.75) is 18.1 Å². The van der Waals surface area contributed by atoms with Crippen molar-refractivity contribution in [3.8, 4) is 5.82 Å². The molecule has 0 aliphatic heterocycles. The van der Waals surface area contributed by atoms with Gasteiger partial charge in [-0.2, -0.15) is 10.2 Å². The van der Waals surface area contributed by atoms with Gasteiger partial charge in [-0.05, 0) is 5.56 Å². The minimum Gasteiger partial charge on any atom is -0.382 e. The van der Waals surface area contributed by atoms with Crippen LogP contribution in [0.1, 0.15) is 22.5 Å². The summed E-state index contributed by atoms with van der Waals surface area (Å²) in [7, 11) is 0. The van der Waals surface area contributed by atoms with Crippen molar-refractivity contribution in [2.24, 2.45) is 0 Å². The highest BCUT2D eigenvalue weighted by atomic mass is 35.5. The van der Waals surface area contributed by atoms with Gasteiger partial charge < -0.3 is 11.1 Å². The van der Waals surface area contributed by atoms with Crippen LogP contribution in [0.2, 0.25) is 5.15 Å². The molecule has 1 aliphatic carbocycles. The minimum atomic E-state index is -1.60. The van der Waals surface area contributed by atoms with Crippen LogP contribution >= 0.6 is 11.6 Å². The molecule has 2 aromatic heterocycles. The second-order valence-corrected chi connectivity index (χ2v) is 6.21. The fraction of sp³-hybridized carbons (Fsp3) is 0.188. The summed E-state index contributed by atoms with van der Waals surface area (Å²) < 4.78 is 14.9. The van der Waals surface area contributed by atoms with E-state index in [1.54, 1.807) is 30.3 Å². The molecule has 1 amide bonds. The molecule has 0 radical (unpaired) electrons. The third kappa shape index (κ3) is 2.76. The number of nitrogen functional groups attached to an aromatic ring is 1. The van der Waals surface area contributed by atoms with Gasteiger partial charge in [-0.25, -0.2) is 14.4 Å². The van der Waals surface area contributed by atoms with E-state index in [-0.39, 0.29) is 28.9 Å². The molecule has 1 aromatic carbocycles. The summed E-state index contributed by atoms with van der Waals surface area (Å²) in [6, 6.07) is 8.01.